The summed E-state index contributed by atoms with van der Waals surface area (Å²) in [6, 6.07) is 7.33. The van der Waals surface area contributed by atoms with Crippen LogP contribution < -0.4 is 10.8 Å². The highest BCUT2D eigenvalue weighted by Gasteiger charge is 2.28. The summed E-state index contributed by atoms with van der Waals surface area (Å²) in [4.78, 5) is 20.5. The van der Waals surface area contributed by atoms with E-state index in [0.29, 0.717) is 24.1 Å². The Kier molecular flexibility index (Phi) is 3.03. The standard InChI is InChI=1S/C14H12BN3O/c15-11-6-9-5-10(7-12(9)17-8-11)14(19)18-13-3-1-2-4-16-13/h1-4,6,8,10H,5,7H2,(H,16,18,19). The Morgan fingerprint density at radius 1 is 1.32 bits per heavy atom. The number of hydrogen-bond donors (Lipinski definition) is 1. The minimum atomic E-state index is -0.0914. The van der Waals surface area contributed by atoms with E-state index >= 15 is 0 Å². The second kappa shape index (κ2) is 4.84. The number of pyridine rings is 2. The summed E-state index contributed by atoms with van der Waals surface area (Å²) < 4.78 is 0. The van der Waals surface area contributed by atoms with Gasteiger partial charge in [0.1, 0.15) is 13.7 Å². The quantitative estimate of drug-likeness (QED) is 0.794. The fourth-order valence-corrected chi connectivity index (χ4v) is 2.34. The summed E-state index contributed by atoms with van der Waals surface area (Å²) in [5, 5.41) is 2.82. The van der Waals surface area contributed by atoms with Crippen molar-refractivity contribution >= 4 is 25.0 Å². The van der Waals surface area contributed by atoms with E-state index in [4.69, 9.17) is 7.85 Å². The van der Waals surface area contributed by atoms with Crippen LogP contribution >= 0.6 is 0 Å². The van der Waals surface area contributed by atoms with Gasteiger partial charge in [-0.1, -0.05) is 17.6 Å². The molecule has 0 aromatic carbocycles. The molecule has 0 saturated heterocycles. The van der Waals surface area contributed by atoms with Gasteiger partial charge in [-0.3, -0.25) is 9.78 Å². The van der Waals surface area contributed by atoms with Crippen LogP contribution in [0, 0.1) is 5.92 Å². The van der Waals surface area contributed by atoms with Gasteiger partial charge in [-0.05, 0) is 24.1 Å². The molecule has 19 heavy (non-hydrogen) atoms. The number of carbonyl (C=O) groups excluding carboxylic acids is 1. The molecule has 1 aliphatic rings. The van der Waals surface area contributed by atoms with Gasteiger partial charge in [0, 0.05) is 30.4 Å². The molecule has 0 bridgehead atoms. The zero-order chi connectivity index (χ0) is 13.2. The first-order valence-corrected chi connectivity index (χ1v) is 6.17. The van der Waals surface area contributed by atoms with Crippen molar-refractivity contribution in [3.8, 4) is 0 Å². The SMILES string of the molecule is [B]c1cnc2c(c1)CC(C(=O)Nc1ccccn1)C2. The average Bonchev–Trinajstić information content (AvgIpc) is 2.83. The molecule has 2 radical (unpaired) electrons. The zero-order valence-corrected chi connectivity index (χ0v) is 10.3. The van der Waals surface area contributed by atoms with Gasteiger partial charge in [0.15, 0.2) is 0 Å². The van der Waals surface area contributed by atoms with E-state index in [-0.39, 0.29) is 11.8 Å². The molecule has 1 unspecified atom stereocenters. The van der Waals surface area contributed by atoms with Crippen molar-refractivity contribution in [1.29, 1.82) is 0 Å². The first kappa shape index (κ1) is 11.9. The van der Waals surface area contributed by atoms with Crippen molar-refractivity contribution in [1.82, 2.24) is 9.97 Å². The van der Waals surface area contributed by atoms with Crippen LogP contribution in [0.4, 0.5) is 5.82 Å². The topological polar surface area (TPSA) is 54.9 Å². The van der Waals surface area contributed by atoms with Crippen molar-refractivity contribution in [2.24, 2.45) is 5.92 Å². The Bertz CT molecular complexity index is 615. The van der Waals surface area contributed by atoms with Crippen LogP contribution in [0.2, 0.25) is 0 Å². The number of rotatable bonds is 2. The predicted octanol–water partition coefficient (Wildman–Crippen LogP) is 0.624. The molecule has 0 aliphatic heterocycles. The number of hydrogen-bond acceptors (Lipinski definition) is 3. The molecule has 1 amide bonds. The van der Waals surface area contributed by atoms with E-state index in [1.165, 1.54) is 0 Å². The number of anilines is 1. The maximum absolute atomic E-state index is 12.2. The van der Waals surface area contributed by atoms with Gasteiger partial charge in [-0.15, -0.1) is 0 Å². The minimum absolute atomic E-state index is 0.0183. The number of nitrogens with one attached hydrogen (secondary N) is 1. The van der Waals surface area contributed by atoms with Crippen LogP contribution in [0.5, 0.6) is 0 Å². The van der Waals surface area contributed by atoms with Crippen LogP contribution in [-0.4, -0.2) is 23.7 Å². The van der Waals surface area contributed by atoms with Crippen LogP contribution in [0.15, 0.2) is 36.7 Å². The number of amides is 1. The number of fused-ring (bicyclic) bond motifs is 1. The minimum Gasteiger partial charge on any atom is -0.310 e. The Balaban J connectivity index is 1.71. The number of aromatic nitrogens is 2. The van der Waals surface area contributed by atoms with Gasteiger partial charge in [0.25, 0.3) is 0 Å². The van der Waals surface area contributed by atoms with Crippen molar-refractivity contribution in [3.05, 3.63) is 47.9 Å². The van der Waals surface area contributed by atoms with Crippen LogP contribution in [0.3, 0.4) is 0 Å². The molecule has 1 N–H and O–H groups in total. The van der Waals surface area contributed by atoms with Crippen LogP contribution in [0.1, 0.15) is 11.3 Å². The normalized spacial score (nSPS) is 16.9. The van der Waals surface area contributed by atoms with E-state index in [1.54, 1.807) is 18.5 Å². The van der Waals surface area contributed by atoms with Crippen LogP contribution in [-0.2, 0) is 17.6 Å². The zero-order valence-electron chi connectivity index (χ0n) is 10.3. The molecule has 3 rings (SSSR count). The monoisotopic (exact) mass is 249 g/mol. The predicted molar refractivity (Wildman–Crippen MR) is 73.4 cm³/mol. The number of nitrogens with zero attached hydrogens (tertiary/aromatic N) is 2. The molecule has 2 aromatic heterocycles. The first-order chi connectivity index (χ1) is 9.22. The Morgan fingerprint density at radius 3 is 3.00 bits per heavy atom. The molecule has 92 valence electrons. The molecule has 1 atom stereocenters. The summed E-state index contributed by atoms with van der Waals surface area (Å²) >= 11 is 0. The van der Waals surface area contributed by atoms with E-state index in [2.05, 4.69) is 15.3 Å². The molecule has 5 heteroatoms. The third kappa shape index (κ3) is 2.50. The van der Waals surface area contributed by atoms with Gasteiger partial charge < -0.3 is 5.32 Å². The third-order valence-corrected chi connectivity index (χ3v) is 3.27. The van der Waals surface area contributed by atoms with Crippen molar-refractivity contribution < 1.29 is 4.79 Å². The summed E-state index contributed by atoms with van der Waals surface area (Å²) in [5.41, 5.74) is 2.68. The van der Waals surface area contributed by atoms with Gasteiger partial charge in [0.05, 0.1) is 0 Å². The lowest BCUT2D eigenvalue weighted by atomic mass is 9.96. The highest BCUT2D eigenvalue weighted by atomic mass is 16.1. The van der Waals surface area contributed by atoms with Gasteiger partial charge in [-0.2, -0.15) is 0 Å². The Hall–Kier alpha value is -2.17. The summed E-state index contributed by atoms with van der Waals surface area (Å²) in [5.74, 6) is 0.470. The van der Waals surface area contributed by atoms with Gasteiger partial charge in [0.2, 0.25) is 5.91 Å². The fraction of sp³-hybridized carbons (Fsp3) is 0.214. The van der Waals surface area contributed by atoms with E-state index in [9.17, 15) is 4.79 Å². The van der Waals surface area contributed by atoms with Crippen molar-refractivity contribution in [3.63, 3.8) is 0 Å². The van der Waals surface area contributed by atoms with Crippen molar-refractivity contribution in [2.75, 3.05) is 5.32 Å². The molecule has 4 nitrogen and oxygen atoms in total. The maximum atomic E-state index is 12.2. The molecular formula is C14H12BN3O. The lowest BCUT2D eigenvalue weighted by Gasteiger charge is -2.09. The second-order valence-electron chi connectivity index (χ2n) is 4.68. The number of carbonyl (C=O) groups is 1. The Morgan fingerprint density at radius 2 is 2.21 bits per heavy atom. The second-order valence-corrected chi connectivity index (χ2v) is 4.68. The average molecular weight is 249 g/mol. The maximum Gasteiger partial charge on any atom is 0.229 e. The van der Waals surface area contributed by atoms with Crippen LogP contribution in [0.25, 0.3) is 0 Å². The van der Waals surface area contributed by atoms with Gasteiger partial charge >= 0.3 is 0 Å². The fourth-order valence-electron chi connectivity index (χ4n) is 2.34. The summed E-state index contributed by atoms with van der Waals surface area (Å²) in [7, 11) is 5.70. The molecule has 1 aliphatic carbocycles. The largest absolute Gasteiger partial charge is 0.310 e. The van der Waals surface area contributed by atoms with E-state index < -0.39 is 0 Å². The highest BCUT2D eigenvalue weighted by Crippen LogP contribution is 2.25. The lowest BCUT2D eigenvalue weighted by molar-refractivity contribution is -0.119. The summed E-state index contributed by atoms with van der Waals surface area (Å²) in [6.45, 7) is 0. The van der Waals surface area contributed by atoms with Crippen molar-refractivity contribution in [2.45, 2.75) is 12.8 Å². The molecule has 0 spiro atoms. The van der Waals surface area contributed by atoms with E-state index in [1.807, 2.05) is 18.2 Å². The summed E-state index contributed by atoms with van der Waals surface area (Å²) in [6.07, 6.45) is 4.64. The third-order valence-electron chi connectivity index (χ3n) is 3.27. The molecular weight excluding hydrogens is 237 g/mol. The Labute approximate surface area is 112 Å². The lowest BCUT2D eigenvalue weighted by Crippen LogP contribution is -2.23. The highest BCUT2D eigenvalue weighted by molar-refractivity contribution is 6.32. The molecule has 2 aromatic rings. The first-order valence-electron chi connectivity index (χ1n) is 6.17. The van der Waals surface area contributed by atoms with E-state index in [0.717, 1.165) is 11.3 Å². The molecule has 0 saturated carbocycles. The van der Waals surface area contributed by atoms with Gasteiger partial charge in [-0.25, -0.2) is 4.98 Å². The molecule has 2 heterocycles. The molecule has 0 fully saturated rings. The smallest absolute Gasteiger partial charge is 0.229 e.